The van der Waals surface area contributed by atoms with Gasteiger partial charge in [0.25, 0.3) is 0 Å². The van der Waals surface area contributed by atoms with Gasteiger partial charge in [-0.2, -0.15) is 0 Å². The Labute approximate surface area is 181 Å². The lowest BCUT2D eigenvalue weighted by atomic mass is 9.50. The maximum absolute atomic E-state index is 11.7. The second-order valence-electron chi connectivity index (χ2n) is 10.2. The summed E-state index contributed by atoms with van der Waals surface area (Å²) in [6.45, 7) is 4.29. The fourth-order valence-electron chi connectivity index (χ4n) is 6.96. The van der Waals surface area contributed by atoms with Gasteiger partial charge in [-0.1, -0.05) is 38.2 Å². The van der Waals surface area contributed by atoms with E-state index < -0.39 is 11.6 Å². The molecule has 0 aromatic carbocycles. The first-order chi connectivity index (χ1) is 14.3. The molecule has 0 spiro atoms. The molecular weight excluding hydrogens is 376 g/mol. The highest BCUT2D eigenvalue weighted by Gasteiger charge is 2.61. The van der Waals surface area contributed by atoms with Crippen LogP contribution in [0.4, 0.5) is 0 Å². The summed E-state index contributed by atoms with van der Waals surface area (Å²) < 4.78 is 0. The third-order valence-electron chi connectivity index (χ3n) is 8.68. The van der Waals surface area contributed by atoms with Crippen LogP contribution in [0.3, 0.4) is 0 Å². The van der Waals surface area contributed by atoms with Gasteiger partial charge >= 0.3 is 5.97 Å². The standard InChI is InChI=1S/C20H26O2.C6H12O2/c1-3-20(22)11-9-18-17-6-4-13-12-14(21)5-7-15(13)16(17)8-10-19(18,20)2;1-2-3-4-5-6(7)8/h1,12,15-18,22H,4-11H2,2H3;2-5H2,1H3,(H,7,8)/t15-,16+,17+,18-,19-,20-;/m0./s1. The number of aliphatic carboxylic acids is 1. The van der Waals surface area contributed by atoms with Crippen molar-refractivity contribution in [1.82, 2.24) is 0 Å². The second-order valence-corrected chi connectivity index (χ2v) is 10.2. The Balaban J connectivity index is 0.000000275. The number of fused-ring (bicyclic) bond motifs is 5. The molecule has 3 saturated carbocycles. The van der Waals surface area contributed by atoms with E-state index in [4.69, 9.17) is 11.5 Å². The number of rotatable bonds is 4. The van der Waals surface area contributed by atoms with Gasteiger partial charge in [-0.05, 0) is 81.1 Å². The molecule has 166 valence electrons. The van der Waals surface area contributed by atoms with Gasteiger partial charge in [0.1, 0.15) is 5.60 Å². The average molecular weight is 415 g/mol. The fourth-order valence-corrected chi connectivity index (χ4v) is 6.96. The van der Waals surface area contributed by atoms with Crippen molar-refractivity contribution >= 4 is 11.8 Å². The quantitative estimate of drug-likeness (QED) is 0.493. The van der Waals surface area contributed by atoms with Gasteiger partial charge in [0.2, 0.25) is 0 Å². The van der Waals surface area contributed by atoms with Gasteiger partial charge in [-0.25, -0.2) is 0 Å². The van der Waals surface area contributed by atoms with Crippen LogP contribution >= 0.6 is 0 Å². The molecule has 0 aliphatic heterocycles. The van der Waals surface area contributed by atoms with Crippen LogP contribution < -0.4 is 0 Å². The molecule has 0 bridgehead atoms. The Morgan fingerprint density at radius 2 is 1.93 bits per heavy atom. The lowest BCUT2D eigenvalue weighted by molar-refractivity contribution is -0.137. The highest BCUT2D eigenvalue weighted by atomic mass is 16.4. The molecule has 4 heteroatoms. The SMILES string of the molecule is C#C[C@]1(O)CC[C@H]2[C@@H]3CCC4=CC(=O)CC[C@@H]4[C@H]3CC[C@@]21C.CCCCCC(=O)O. The molecule has 0 radical (unpaired) electrons. The molecule has 30 heavy (non-hydrogen) atoms. The zero-order valence-electron chi connectivity index (χ0n) is 18.7. The molecular formula is C26H38O4. The Bertz CT molecular complexity index is 732. The highest BCUT2D eigenvalue weighted by molar-refractivity contribution is 5.91. The summed E-state index contributed by atoms with van der Waals surface area (Å²) in [5.41, 5.74) is 0.418. The van der Waals surface area contributed by atoms with Crippen molar-refractivity contribution in [3.63, 3.8) is 0 Å². The molecule has 0 unspecified atom stereocenters. The summed E-state index contributed by atoms with van der Waals surface area (Å²) in [5, 5.41) is 19.1. The minimum absolute atomic E-state index is 0.103. The monoisotopic (exact) mass is 414 g/mol. The molecule has 3 fully saturated rings. The summed E-state index contributed by atoms with van der Waals surface area (Å²) in [4.78, 5) is 21.6. The van der Waals surface area contributed by atoms with Crippen molar-refractivity contribution in [2.45, 2.75) is 96.5 Å². The second kappa shape index (κ2) is 9.27. The van der Waals surface area contributed by atoms with Gasteiger partial charge in [0.05, 0.1) is 0 Å². The third-order valence-corrected chi connectivity index (χ3v) is 8.68. The lowest BCUT2D eigenvalue weighted by Gasteiger charge is -2.54. The fraction of sp³-hybridized carbons (Fsp3) is 0.769. The van der Waals surface area contributed by atoms with E-state index in [9.17, 15) is 14.7 Å². The van der Waals surface area contributed by atoms with Crippen molar-refractivity contribution in [2.24, 2.45) is 29.1 Å². The zero-order valence-corrected chi connectivity index (χ0v) is 18.7. The van der Waals surface area contributed by atoms with Crippen LogP contribution in [0.5, 0.6) is 0 Å². The van der Waals surface area contributed by atoms with Gasteiger partial charge < -0.3 is 10.2 Å². The minimum atomic E-state index is -0.902. The Hall–Kier alpha value is -1.60. The predicted molar refractivity (Wildman–Crippen MR) is 118 cm³/mol. The van der Waals surface area contributed by atoms with Crippen molar-refractivity contribution in [3.8, 4) is 12.3 Å². The summed E-state index contributed by atoms with van der Waals surface area (Å²) in [5.74, 6) is 4.97. The number of allylic oxidation sites excluding steroid dienone is 1. The summed E-state index contributed by atoms with van der Waals surface area (Å²) >= 11 is 0. The normalized spacial score (nSPS) is 39.4. The van der Waals surface area contributed by atoms with Crippen LogP contribution in [0.1, 0.15) is 90.9 Å². The topological polar surface area (TPSA) is 74.6 Å². The predicted octanol–water partition coefficient (Wildman–Crippen LogP) is 5.14. The summed E-state index contributed by atoms with van der Waals surface area (Å²) in [6.07, 6.45) is 19.0. The van der Waals surface area contributed by atoms with E-state index in [1.54, 1.807) is 0 Å². The van der Waals surface area contributed by atoms with Gasteiger partial charge in [0, 0.05) is 18.3 Å². The van der Waals surface area contributed by atoms with Crippen molar-refractivity contribution < 1.29 is 19.8 Å². The molecule has 4 aliphatic carbocycles. The number of aliphatic hydroxyl groups is 1. The van der Waals surface area contributed by atoms with E-state index in [2.05, 4.69) is 19.8 Å². The number of carboxylic acid groups (broad SMARTS) is 1. The Morgan fingerprint density at radius 1 is 1.17 bits per heavy atom. The van der Waals surface area contributed by atoms with Gasteiger partial charge in [-0.15, -0.1) is 6.42 Å². The molecule has 2 N–H and O–H groups in total. The maximum Gasteiger partial charge on any atom is 0.303 e. The smallest absolute Gasteiger partial charge is 0.303 e. The van der Waals surface area contributed by atoms with E-state index >= 15 is 0 Å². The van der Waals surface area contributed by atoms with E-state index in [0.717, 1.165) is 64.2 Å². The van der Waals surface area contributed by atoms with E-state index in [0.29, 0.717) is 35.9 Å². The number of carbonyl (C=O) groups is 2. The largest absolute Gasteiger partial charge is 0.481 e. The number of hydrogen-bond donors (Lipinski definition) is 2. The van der Waals surface area contributed by atoms with Gasteiger partial charge in [-0.3, -0.25) is 9.59 Å². The van der Waals surface area contributed by atoms with Crippen LogP contribution in [-0.2, 0) is 9.59 Å². The van der Waals surface area contributed by atoms with Crippen LogP contribution in [0.15, 0.2) is 11.6 Å². The molecule has 0 saturated heterocycles. The minimum Gasteiger partial charge on any atom is -0.481 e. The van der Waals surface area contributed by atoms with Crippen LogP contribution in [0.2, 0.25) is 0 Å². The molecule has 0 aromatic heterocycles. The molecule has 0 amide bonds. The van der Waals surface area contributed by atoms with Gasteiger partial charge in [0.15, 0.2) is 5.78 Å². The number of carbonyl (C=O) groups excluding carboxylic acids is 1. The maximum atomic E-state index is 11.7. The number of ketones is 1. The summed E-state index contributed by atoms with van der Waals surface area (Å²) in [6, 6.07) is 0. The van der Waals surface area contributed by atoms with Crippen LogP contribution in [0.25, 0.3) is 0 Å². The number of carboxylic acids is 1. The zero-order chi connectivity index (χ0) is 21.9. The molecule has 4 aliphatic rings. The number of hydrogen-bond acceptors (Lipinski definition) is 3. The molecule has 4 nitrogen and oxygen atoms in total. The van der Waals surface area contributed by atoms with E-state index in [-0.39, 0.29) is 5.41 Å². The van der Waals surface area contributed by atoms with Crippen molar-refractivity contribution in [3.05, 3.63) is 11.6 Å². The number of terminal acetylenes is 1. The van der Waals surface area contributed by atoms with E-state index in [1.165, 1.54) is 12.0 Å². The summed E-state index contributed by atoms with van der Waals surface area (Å²) in [7, 11) is 0. The number of unbranched alkanes of at least 4 members (excludes halogenated alkanes) is 2. The van der Waals surface area contributed by atoms with Crippen LogP contribution in [-0.4, -0.2) is 27.6 Å². The van der Waals surface area contributed by atoms with Crippen molar-refractivity contribution in [2.75, 3.05) is 0 Å². The molecule has 0 heterocycles. The highest BCUT2D eigenvalue weighted by Crippen LogP contribution is 2.64. The van der Waals surface area contributed by atoms with Crippen molar-refractivity contribution in [1.29, 1.82) is 0 Å². The van der Waals surface area contributed by atoms with E-state index in [1.807, 2.05) is 6.08 Å². The lowest BCUT2D eigenvalue weighted by Crippen LogP contribution is -2.52. The molecule has 4 rings (SSSR count). The molecule has 0 aromatic rings. The first-order valence-electron chi connectivity index (χ1n) is 11.9. The Kier molecular flexibility index (Phi) is 7.13. The first-order valence-corrected chi connectivity index (χ1v) is 11.9. The van der Waals surface area contributed by atoms with Crippen LogP contribution in [0, 0.1) is 41.4 Å². The Morgan fingerprint density at radius 3 is 2.60 bits per heavy atom. The molecule has 6 atom stereocenters. The third kappa shape index (κ3) is 4.24. The first kappa shape index (κ1) is 23.1. The average Bonchev–Trinajstić information content (AvgIpc) is 2.99.